The number of primary amides is 1. The minimum Gasteiger partial charge on any atom is -0.452 e. The predicted octanol–water partition coefficient (Wildman–Crippen LogP) is 3.82. The number of carbonyl (C=O) groups is 3. The zero-order valence-electron chi connectivity index (χ0n) is 16.9. The maximum absolute atomic E-state index is 12.6. The van der Waals surface area contributed by atoms with E-state index in [4.69, 9.17) is 22.1 Å². The van der Waals surface area contributed by atoms with Gasteiger partial charge in [0.05, 0.1) is 16.1 Å². The number of nitrogens with one attached hydrogen (secondary N) is 2. The number of nitrogens with zero attached hydrogens (tertiary/aromatic N) is 1. The summed E-state index contributed by atoms with van der Waals surface area (Å²) in [5.41, 5.74) is 5.92. The second-order valence-electron chi connectivity index (χ2n) is 6.58. The Hall–Kier alpha value is -3.96. The topological polar surface area (TPSA) is 154 Å². The Morgan fingerprint density at radius 3 is 2.58 bits per heavy atom. The summed E-state index contributed by atoms with van der Waals surface area (Å²) in [5.74, 6) is -2.37. The lowest BCUT2D eigenvalue weighted by molar-refractivity contribution is -0.384. The van der Waals surface area contributed by atoms with E-state index in [-0.39, 0.29) is 34.0 Å². The third kappa shape index (κ3) is 6.05. The van der Waals surface area contributed by atoms with Crippen LogP contribution >= 0.6 is 22.9 Å². The third-order valence-electron chi connectivity index (χ3n) is 4.38. The highest BCUT2D eigenvalue weighted by Crippen LogP contribution is 2.25. The Bertz CT molecular complexity index is 1230. The molecule has 3 rings (SSSR count). The minimum atomic E-state index is -0.947. The molecule has 0 aliphatic carbocycles. The van der Waals surface area contributed by atoms with Crippen molar-refractivity contribution in [2.24, 2.45) is 5.73 Å². The number of non-ortho nitro benzene ring substituents is 1. The van der Waals surface area contributed by atoms with Gasteiger partial charge in [-0.2, -0.15) is 0 Å². The largest absolute Gasteiger partial charge is 0.452 e. The first-order valence-corrected chi connectivity index (χ1v) is 10.6. The van der Waals surface area contributed by atoms with Crippen LogP contribution in [0.5, 0.6) is 0 Å². The van der Waals surface area contributed by atoms with Gasteiger partial charge in [0.15, 0.2) is 6.61 Å². The van der Waals surface area contributed by atoms with Crippen LogP contribution < -0.4 is 16.4 Å². The van der Waals surface area contributed by atoms with Crippen molar-refractivity contribution in [3.63, 3.8) is 0 Å². The smallest absolute Gasteiger partial charge is 0.341 e. The first kappa shape index (κ1) is 23.7. The summed E-state index contributed by atoms with van der Waals surface area (Å²) in [7, 11) is 0. The van der Waals surface area contributed by atoms with Gasteiger partial charge in [-0.1, -0.05) is 29.8 Å². The number of esters is 1. The van der Waals surface area contributed by atoms with Crippen LogP contribution in [0, 0.1) is 10.1 Å². The van der Waals surface area contributed by atoms with Gasteiger partial charge in [0.1, 0.15) is 5.00 Å². The number of halogens is 1. The normalized spacial score (nSPS) is 10.3. The molecule has 33 heavy (non-hydrogen) atoms. The second kappa shape index (κ2) is 10.6. The molecule has 10 nitrogen and oxygen atoms in total. The number of nitro benzene ring substituents is 1. The van der Waals surface area contributed by atoms with Gasteiger partial charge in [-0.3, -0.25) is 19.7 Å². The Balaban J connectivity index is 1.72. The number of hydrogen-bond donors (Lipinski definition) is 3. The molecule has 1 aromatic heterocycles. The van der Waals surface area contributed by atoms with Crippen molar-refractivity contribution in [1.82, 2.24) is 0 Å². The predicted molar refractivity (Wildman–Crippen MR) is 124 cm³/mol. The second-order valence-corrected chi connectivity index (χ2v) is 7.91. The van der Waals surface area contributed by atoms with E-state index in [1.165, 1.54) is 18.2 Å². The number of ether oxygens (including phenoxy) is 1. The first-order valence-electron chi connectivity index (χ1n) is 9.36. The molecule has 0 saturated heterocycles. The lowest BCUT2D eigenvalue weighted by atomic mass is 10.1. The van der Waals surface area contributed by atoms with Crippen molar-refractivity contribution in [3.05, 3.63) is 85.7 Å². The van der Waals surface area contributed by atoms with Crippen LogP contribution in [0.3, 0.4) is 0 Å². The highest BCUT2D eigenvalue weighted by atomic mass is 35.5. The van der Waals surface area contributed by atoms with Crippen LogP contribution in [0.4, 0.5) is 16.4 Å². The van der Waals surface area contributed by atoms with E-state index in [9.17, 15) is 24.5 Å². The van der Waals surface area contributed by atoms with Crippen molar-refractivity contribution in [1.29, 1.82) is 0 Å². The van der Waals surface area contributed by atoms with E-state index in [0.29, 0.717) is 5.02 Å². The van der Waals surface area contributed by atoms with E-state index in [1.54, 1.807) is 29.6 Å². The van der Waals surface area contributed by atoms with Crippen LogP contribution in [0.15, 0.2) is 53.9 Å². The molecule has 0 radical (unpaired) electrons. The highest BCUT2D eigenvalue weighted by Gasteiger charge is 2.20. The van der Waals surface area contributed by atoms with Crippen molar-refractivity contribution < 1.29 is 24.0 Å². The molecule has 4 N–H and O–H groups in total. The molecule has 0 aliphatic rings. The molecule has 12 heteroatoms. The maximum Gasteiger partial charge on any atom is 0.341 e. The summed E-state index contributed by atoms with van der Waals surface area (Å²) in [6.07, 6.45) is 0. The van der Waals surface area contributed by atoms with Gasteiger partial charge in [-0.15, -0.1) is 11.3 Å². The molecule has 1 heterocycles. The summed E-state index contributed by atoms with van der Waals surface area (Å²) in [5, 5.41) is 18.9. The quantitative estimate of drug-likeness (QED) is 0.235. The number of amides is 2. The number of benzene rings is 2. The first-order chi connectivity index (χ1) is 15.8. The van der Waals surface area contributed by atoms with E-state index >= 15 is 0 Å². The summed E-state index contributed by atoms with van der Waals surface area (Å²) in [6.45, 7) is -0.436. The lowest BCUT2D eigenvalue weighted by Crippen LogP contribution is -2.22. The van der Waals surface area contributed by atoms with E-state index < -0.39 is 29.3 Å². The summed E-state index contributed by atoms with van der Waals surface area (Å²) in [4.78, 5) is 46.6. The molecule has 0 fully saturated rings. The molecular formula is C21H17ClN4O6S. The van der Waals surface area contributed by atoms with Crippen LogP contribution in [0.25, 0.3) is 0 Å². The molecule has 0 unspecified atom stereocenters. The minimum absolute atomic E-state index is 0.127. The molecule has 0 aliphatic heterocycles. The zero-order valence-corrected chi connectivity index (χ0v) is 18.4. The number of anilines is 2. The van der Waals surface area contributed by atoms with E-state index in [0.717, 1.165) is 23.0 Å². The van der Waals surface area contributed by atoms with E-state index in [1.807, 2.05) is 0 Å². The van der Waals surface area contributed by atoms with Crippen molar-refractivity contribution in [2.45, 2.75) is 6.54 Å². The highest BCUT2D eigenvalue weighted by molar-refractivity contribution is 7.14. The number of hydrogen-bond acceptors (Lipinski definition) is 8. The average molecular weight is 489 g/mol. The molecule has 0 spiro atoms. The summed E-state index contributed by atoms with van der Waals surface area (Å²) in [6, 6.07) is 12.2. The van der Waals surface area contributed by atoms with Gasteiger partial charge in [0, 0.05) is 29.4 Å². The number of carbonyl (C=O) groups excluding carboxylic acids is 3. The lowest BCUT2D eigenvalue weighted by Gasteiger charge is -2.13. The molecule has 0 atom stereocenters. The fraction of sp³-hybridized carbons (Fsp3) is 0.0952. The van der Waals surface area contributed by atoms with Gasteiger partial charge in [-0.05, 0) is 29.1 Å². The Morgan fingerprint density at radius 1 is 1.12 bits per heavy atom. The van der Waals surface area contributed by atoms with Gasteiger partial charge in [-0.25, -0.2) is 4.79 Å². The molecular weight excluding hydrogens is 472 g/mol. The fourth-order valence-electron chi connectivity index (χ4n) is 2.77. The Kier molecular flexibility index (Phi) is 7.59. The third-order valence-corrected chi connectivity index (χ3v) is 5.58. The van der Waals surface area contributed by atoms with Gasteiger partial charge in [0.25, 0.3) is 17.5 Å². The monoisotopic (exact) mass is 488 g/mol. The summed E-state index contributed by atoms with van der Waals surface area (Å²) < 4.78 is 5.04. The van der Waals surface area contributed by atoms with Crippen LogP contribution in [-0.4, -0.2) is 29.3 Å². The molecule has 2 amide bonds. The van der Waals surface area contributed by atoms with Crippen molar-refractivity contribution >= 4 is 57.1 Å². The zero-order chi connectivity index (χ0) is 24.0. The summed E-state index contributed by atoms with van der Waals surface area (Å²) >= 11 is 7.22. The molecule has 0 bridgehead atoms. The van der Waals surface area contributed by atoms with Crippen molar-refractivity contribution in [2.75, 3.05) is 17.2 Å². The van der Waals surface area contributed by atoms with Crippen LogP contribution in [0.2, 0.25) is 5.02 Å². The van der Waals surface area contributed by atoms with E-state index in [2.05, 4.69) is 10.6 Å². The molecule has 3 aromatic rings. The Morgan fingerprint density at radius 2 is 1.88 bits per heavy atom. The molecule has 0 saturated carbocycles. The SMILES string of the molecule is NC(=O)c1ccsc1NC(=O)COC(=O)c1cc([N+](=O)[O-])ccc1NCc1ccccc1Cl. The number of nitro groups is 1. The number of nitrogens with two attached hydrogens (primary N) is 1. The van der Waals surface area contributed by atoms with Gasteiger partial charge >= 0.3 is 5.97 Å². The number of thiophene rings is 1. The van der Waals surface area contributed by atoms with Crippen molar-refractivity contribution in [3.8, 4) is 0 Å². The average Bonchev–Trinajstić information content (AvgIpc) is 3.25. The molecule has 170 valence electrons. The Labute approximate surface area is 196 Å². The maximum atomic E-state index is 12.6. The number of rotatable bonds is 9. The molecule has 2 aromatic carbocycles. The van der Waals surface area contributed by atoms with Crippen LogP contribution in [0.1, 0.15) is 26.3 Å². The van der Waals surface area contributed by atoms with Gasteiger partial charge < -0.3 is 21.1 Å². The van der Waals surface area contributed by atoms with Gasteiger partial charge in [0.2, 0.25) is 0 Å². The van der Waals surface area contributed by atoms with Crippen LogP contribution in [-0.2, 0) is 16.1 Å². The fourth-order valence-corrected chi connectivity index (χ4v) is 3.78. The standard InChI is InChI=1S/C21H17ClN4O6S/c22-16-4-2-1-3-12(16)10-24-17-6-5-13(26(30)31)9-15(17)21(29)32-11-18(27)25-20-14(19(23)28)7-8-33-20/h1-9,24H,10-11H2,(H2,23,28)(H,25,27).